The number of likely N-dealkylation sites (tertiary alicyclic amines) is 1. The van der Waals surface area contributed by atoms with E-state index >= 15 is 0 Å². The zero-order chi connectivity index (χ0) is 20.6. The van der Waals surface area contributed by atoms with Crippen LogP contribution in [0, 0.1) is 18.6 Å². The number of hydrogen-bond donors (Lipinski definition) is 1. The van der Waals surface area contributed by atoms with Crippen molar-refractivity contribution in [3.63, 3.8) is 0 Å². The molecule has 154 valence electrons. The number of nitrogens with zero attached hydrogens (tertiary/aromatic N) is 2. The molecule has 0 bridgehead atoms. The van der Waals surface area contributed by atoms with Crippen molar-refractivity contribution in [2.24, 2.45) is 0 Å². The van der Waals surface area contributed by atoms with Crippen LogP contribution in [0.4, 0.5) is 19.3 Å². The van der Waals surface area contributed by atoms with E-state index in [2.05, 4.69) is 35.3 Å². The number of rotatable bonds is 3. The summed E-state index contributed by atoms with van der Waals surface area (Å²) < 4.78 is 27.0. The Morgan fingerprint density at radius 3 is 2.45 bits per heavy atom. The summed E-state index contributed by atoms with van der Waals surface area (Å²) in [4.78, 5) is 16.7. The third-order valence-electron chi connectivity index (χ3n) is 6.19. The van der Waals surface area contributed by atoms with E-state index in [9.17, 15) is 13.6 Å². The van der Waals surface area contributed by atoms with Crippen LogP contribution in [-0.2, 0) is 12.0 Å². The van der Waals surface area contributed by atoms with E-state index in [0.29, 0.717) is 25.2 Å². The van der Waals surface area contributed by atoms with Crippen molar-refractivity contribution in [1.29, 1.82) is 0 Å². The molecule has 2 aromatic rings. The van der Waals surface area contributed by atoms with Crippen molar-refractivity contribution in [3.8, 4) is 0 Å². The van der Waals surface area contributed by atoms with Crippen molar-refractivity contribution in [3.05, 3.63) is 64.7 Å². The molecule has 0 aliphatic carbocycles. The maximum atomic E-state index is 13.5. The summed E-state index contributed by atoms with van der Waals surface area (Å²) in [5.41, 5.74) is 4.04. The van der Waals surface area contributed by atoms with E-state index in [1.807, 2.05) is 11.8 Å². The molecule has 2 aliphatic rings. The molecule has 6 heteroatoms. The summed E-state index contributed by atoms with van der Waals surface area (Å²) in [6.45, 7) is 7.47. The third kappa shape index (κ3) is 3.86. The first-order chi connectivity index (χ1) is 13.9. The summed E-state index contributed by atoms with van der Waals surface area (Å²) in [5, 5.41) is 2.92. The maximum Gasteiger partial charge on any atom is 0.321 e. The fourth-order valence-electron chi connectivity index (χ4n) is 4.74. The van der Waals surface area contributed by atoms with Crippen molar-refractivity contribution in [2.75, 3.05) is 31.1 Å². The Balaban J connectivity index is 1.52. The number of halogens is 2. The Hall–Kier alpha value is -2.47. The second kappa shape index (κ2) is 7.75. The highest BCUT2D eigenvalue weighted by molar-refractivity contribution is 5.95. The van der Waals surface area contributed by atoms with Crippen LogP contribution in [0.5, 0.6) is 0 Å². The maximum absolute atomic E-state index is 13.5. The Morgan fingerprint density at radius 2 is 1.79 bits per heavy atom. The Bertz CT molecular complexity index is 902. The Labute approximate surface area is 170 Å². The van der Waals surface area contributed by atoms with Gasteiger partial charge >= 0.3 is 6.03 Å². The monoisotopic (exact) mass is 399 g/mol. The minimum Gasteiger partial charge on any atom is -0.338 e. The lowest BCUT2D eigenvalue weighted by Crippen LogP contribution is -2.47. The summed E-state index contributed by atoms with van der Waals surface area (Å²) >= 11 is 0. The molecule has 2 heterocycles. The first-order valence-corrected chi connectivity index (χ1v) is 10.2. The van der Waals surface area contributed by atoms with Gasteiger partial charge in [-0.15, -0.1) is 0 Å². The molecule has 0 atom stereocenters. The van der Waals surface area contributed by atoms with Crippen LogP contribution in [-0.4, -0.2) is 37.1 Å². The molecule has 2 aromatic carbocycles. The number of aryl methyl sites for hydroxylation is 1. The summed E-state index contributed by atoms with van der Waals surface area (Å²) in [6, 6.07) is 9.98. The quantitative estimate of drug-likeness (QED) is 0.833. The van der Waals surface area contributed by atoms with Crippen LogP contribution >= 0.6 is 0 Å². The number of carbonyl (C=O) groups is 1. The molecule has 1 spiro atoms. The number of benzene rings is 2. The van der Waals surface area contributed by atoms with Crippen LogP contribution in [0.15, 0.2) is 36.4 Å². The molecule has 0 unspecified atom stereocenters. The van der Waals surface area contributed by atoms with E-state index in [4.69, 9.17) is 0 Å². The van der Waals surface area contributed by atoms with Gasteiger partial charge in [0.15, 0.2) is 0 Å². The second-order valence-corrected chi connectivity index (χ2v) is 8.28. The lowest BCUT2D eigenvalue weighted by Gasteiger charge is -2.40. The van der Waals surface area contributed by atoms with Gasteiger partial charge in [-0.25, -0.2) is 13.6 Å². The van der Waals surface area contributed by atoms with Crippen molar-refractivity contribution in [2.45, 2.75) is 38.6 Å². The van der Waals surface area contributed by atoms with Crippen LogP contribution in [0.3, 0.4) is 0 Å². The third-order valence-corrected chi connectivity index (χ3v) is 6.19. The lowest BCUT2D eigenvalue weighted by molar-refractivity contribution is 0.159. The number of hydrogen-bond acceptors (Lipinski definition) is 2. The highest BCUT2D eigenvalue weighted by Gasteiger charge is 2.46. The van der Waals surface area contributed by atoms with E-state index in [1.54, 1.807) is 0 Å². The number of carbonyl (C=O) groups excluding carboxylic acids is 1. The van der Waals surface area contributed by atoms with Gasteiger partial charge in [0.1, 0.15) is 11.6 Å². The minimum atomic E-state index is -0.536. The van der Waals surface area contributed by atoms with Crippen molar-refractivity contribution >= 4 is 11.7 Å². The average molecular weight is 399 g/mol. The highest BCUT2D eigenvalue weighted by Crippen LogP contribution is 2.47. The fourth-order valence-corrected chi connectivity index (χ4v) is 4.74. The van der Waals surface area contributed by atoms with Gasteiger partial charge in [0.25, 0.3) is 0 Å². The topological polar surface area (TPSA) is 35.6 Å². The summed E-state index contributed by atoms with van der Waals surface area (Å²) in [7, 11) is 0. The first kappa shape index (κ1) is 19.8. The number of anilines is 1. The number of urea groups is 1. The van der Waals surface area contributed by atoms with Gasteiger partial charge in [-0.05, 0) is 69.1 Å². The Kier molecular flexibility index (Phi) is 5.30. The zero-order valence-corrected chi connectivity index (χ0v) is 17.0. The normalized spacial score (nSPS) is 18.1. The van der Waals surface area contributed by atoms with Gasteiger partial charge in [0.2, 0.25) is 0 Å². The smallest absolute Gasteiger partial charge is 0.321 e. The number of fused-ring (bicyclic) bond motifs is 2. The molecule has 0 aromatic heterocycles. The van der Waals surface area contributed by atoms with Crippen LogP contribution in [0.1, 0.15) is 36.5 Å². The van der Waals surface area contributed by atoms with Gasteiger partial charge in [0, 0.05) is 36.8 Å². The number of nitrogens with one attached hydrogen (secondary N) is 1. The van der Waals surface area contributed by atoms with E-state index in [-0.39, 0.29) is 11.4 Å². The largest absolute Gasteiger partial charge is 0.338 e. The van der Waals surface area contributed by atoms with E-state index in [1.165, 1.54) is 23.3 Å². The molecule has 1 saturated heterocycles. The molecule has 29 heavy (non-hydrogen) atoms. The zero-order valence-electron chi connectivity index (χ0n) is 17.0. The van der Waals surface area contributed by atoms with Crippen LogP contribution in [0.2, 0.25) is 0 Å². The second-order valence-electron chi connectivity index (χ2n) is 8.28. The minimum absolute atomic E-state index is 0.0489. The van der Waals surface area contributed by atoms with E-state index < -0.39 is 11.6 Å². The molecule has 4 nitrogen and oxygen atoms in total. The predicted molar refractivity (Wildman–Crippen MR) is 110 cm³/mol. The van der Waals surface area contributed by atoms with E-state index in [0.717, 1.165) is 37.7 Å². The number of piperidine rings is 1. The Morgan fingerprint density at radius 1 is 1.10 bits per heavy atom. The molecule has 1 N–H and O–H groups in total. The molecule has 4 rings (SSSR count). The predicted octanol–water partition coefficient (Wildman–Crippen LogP) is 4.36. The molecular formula is C23H27F2N3O. The van der Waals surface area contributed by atoms with Gasteiger partial charge < -0.3 is 5.32 Å². The summed E-state index contributed by atoms with van der Waals surface area (Å²) in [5.74, 6) is -1.07. The molecule has 0 radical (unpaired) electrons. The molecule has 2 aliphatic heterocycles. The average Bonchev–Trinajstić information content (AvgIpc) is 2.97. The molecule has 2 amide bonds. The van der Waals surface area contributed by atoms with Crippen molar-refractivity contribution in [1.82, 2.24) is 10.2 Å². The standard InChI is InChI=1S/C23H27F2N3O/c1-3-26-22(29)28-15-23(20-10-16(2)4-5-21(20)28)6-8-27(9-7-23)14-17-11-18(24)13-19(25)12-17/h4-5,10-13H,3,6-9,14-15H2,1-2H3,(H,26,29). The van der Waals surface area contributed by atoms with Gasteiger partial charge in [-0.1, -0.05) is 17.7 Å². The fraction of sp³-hybridized carbons (Fsp3) is 0.435. The first-order valence-electron chi connectivity index (χ1n) is 10.2. The lowest BCUT2D eigenvalue weighted by atomic mass is 9.74. The highest BCUT2D eigenvalue weighted by atomic mass is 19.1. The number of amides is 2. The van der Waals surface area contributed by atoms with Gasteiger partial charge in [-0.3, -0.25) is 9.80 Å². The van der Waals surface area contributed by atoms with Crippen LogP contribution < -0.4 is 10.2 Å². The summed E-state index contributed by atoms with van der Waals surface area (Å²) in [6.07, 6.45) is 1.83. The molecule has 1 fully saturated rings. The van der Waals surface area contributed by atoms with Gasteiger partial charge in [0.05, 0.1) is 0 Å². The SMILES string of the molecule is CCNC(=O)N1CC2(CCN(Cc3cc(F)cc(F)c3)CC2)c2cc(C)ccc21. The molecular weight excluding hydrogens is 372 g/mol. The van der Waals surface area contributed by atoms with Gasteiger partial charge in [-0.2, -0.15) is 0 Å². The molecule has 0 saturated carbocycles. The van der Waals surface area contributed by atoms with Crippen molar-refractivity contribution < 1.29 is 13.6 Å². The van der Waals surface area contributed by atoms with Crippen LogP contribution in [0.25, 0.3) is 0 Å².